The van der Waals surface area contributed by atoms with Gasteiger partial charge in [-0.3, -0.25) is 4.79 Å². The summed E-state index contributed by atoms with van der Waals surface area (Å²) in [5.41, 5.74) is 2.73. The maximum Gasteiger partial charge on any atom is 0.261 e. The third kappa shape index (κ3) is 3.18. The Morgan fingerprint density at radius 2 is 2.04 bits per heavy atom. The normalized spacial score (nSPS) is 16.3. The van der Waals surface area contributed by atoms with Gasteiger partial charge in [-0.2, -0.15) is 0 Å². The van der Waals surface area contributed by atoms with Crippen LogP contribution in [0.5, 0.6) is 0 Å². The Kier molecular flexibility index (Phi) is 4.55. The first-order chi connectivity index (χ1) is 11.2. The largest absolute Gasteiger partial charge is 0.354 e. The van der Waals surface area contributed by atoms with Gasteiger partial charge in [0.25, 0.3) is 5.91 Å². The Hall–Kier alpha value is -2.43. The Balaban J connectivity index is 1.76. The zero-order chi connectivity index (χ0) is 16.2. The molecule has 2 aromatic rings. The van der Waals surface area contributed by atoms with E-state index in [2.05, 4.69) is 35.2 Å². The number of hydrogen-bond donors (Lipinski definition) is 1. The molecule has 3 rings (SSSR count). The van der Waals surface area contributed by atoms with Crippen LogP contribution in [0.25, 0.3) is 0 Å². The molecule has 0 spiro atoms. The summed E-state index contributed by atoms with van der Waals surface area (Å²) in [4.78, 5) is 23.2. The molecule has 5 heteroatoms. The fourth-order valence-electron chi connectivity index (χ4n) is 2.92. The number of anilines is 2. The number of rotatable bonds is 5. The molecule has 1 aliphatic heterocycles. The molecule has 1 aromatic carbocycles. The number of nitrogens with zero attached hydrogens (tertiary/aromatic N) is 3. The zero-order valence-electron chi connectivity index (χ0n) is 13.6. The Bertz CT molecular complexity index is 684. The molecular weight excluding hydrogens is 288 g/mol. The molecule has 0 saturated carbocycles. The molecule has 2 heterocycles. The van der Waals surface area contributed by atoms with E-state index in [9.17, 15) is 4.79 Å². The van der Waals surface area contributed by atoms with E-state index in [1.54, 1.807) is 12.4 Å². The fourth-order valence-corrected chi connectivity index (χ4v) is 2.92. The zero-order valence-corrected chi connectivity index (χ0v) is 13.6. The molecule has 0 bridgehead atoms. The smallest absolute Gasteiger partial charge is 0.261 e. The SMILES string of the molecule is CCCCNc1ncc(C(=O)N2c3ccccc3CC2C)cn1. The first-order valence-corrected chi connectivity index (χ1v) is 8.18. The second-order valence-electron chi connectivity index (χ2n) is 5.93. The number of aromatic nitrogens is 2. The van der Waals surface area contributed by atoms with Crippen LogP contribution in [-0.4, -0.2) is 28.5 Å². The van der Waals surface area contributed by atoms with Crippen molar-refractivity contribution in [3.05, 3.63) is 47.8 Å². The molecule has 120 valence electrons. The average Bonchev–Trinajstić information content (AvgIpc) is 2.91. The van der Waals surface area contributed by atoms with E-state index in [-0.39, 0.29) is 11.9 Å². The minimum absolute atomic E-state index is 0.0393. The van der Waals surface area contributed by atoms with E-state index >= 15 is 0 Å². The minimum Gasteiger partial charge on any atom is -0.354 e. The first kappa shape index (κ1) is 15.5. The highest BCUT2D eigenvalue weighted by Crippen LogP contribution is 2.32. The van der Waals surface area contributed by atoms with Crippen molar-refractivity contribution < 1.29 is 4.79 Å². The van der Waals surface area contributed by atoms with Gasteiger partial charge in [0.1, 0.15) is 0 Å². The van der Waals surface area contributed by atoms with Gasteiger partial charge in [0.15, 0.2) is 0 Å². The van der Waals surface area contributed by atoms with Crippen molar-refractivity contribution in [2.24, 2.45) is 0 Å². The standard InChI is InChI=1S/C18H22N4O/c1-3-4-9-19-18-20-11-15(12-21-18)17(23)22-13(2)10-14-7-5-6-8-16(14)22/h5-8,11-13H,3-4,9-10H2,1-2H3,(H,19,20,21). The van der Waals surface area contributed by atoms with Gasteiger partial charge in [0, 0.05) is 30.7 Å². The van der Waals surface area contributed by atoms with Gasteiger partial charge in [-0.05, 0) is 31.4 Å². The van der Waals surface area contributed by atoms with Crippen LogP contribution < -0.4 is 10.2 Å². The number of benzene rings is 1. The van der Waals surface area contributed by atoms with E-state index in [0.717, 1.165) is 31.5 Å². The summed E-state index contributed by atoms with van der Waals surface area (Å²) in [6, 6.07) is 8.21. The van der Waals surface area contributed by atoms with Gasteiger partial charge in [-0.1, -0.05) is 31.5 Å². The van der Waals surface area contributed by atoms with E-state index < -0.39 is 0 Å². The van der Waals surface area contributed by atoms with Crippen molar-refractivity contribution in [3.8, 4) is 0 Å². The van der Waals surface area contributed by atoms with Crippen molar-refractivity contribution in [2.75, 3.05) is 16.8 Å². The number of carbonyl (C=O) groups excluding carboxylic acids is 1. The average molecular weight is 310 g/mol. The minimum atomic E-state index is -0.0393. The Morgan fingerprint density at radius 3 is 2.78 bits per heavy atom. The summed E-state index contributed by atoms with van der Waals surface area (Å²) in [5, 5.41) is 3.16. The first-order valence-electron chi connectivity index (χ1n) is 8.18. The lowest BCUT2D eigenvalue weighted by atomic mass is 10.1. The van der Waals surface area contributed by atoms with E-state index in [1.807, 2.05) is 23.1 Å². The second-order valence-corrected chi connectivity index (χ2v) is 5.93. The van der Waals surface area contributed by atoms with E-state index in [1.165, 1.54) is 5.56 Å². The number of fused-ring (bicyclic) bond motifs is 1. The van der Waals surface area contributed by atoms with Crippen LogP contribution in [0, 0.1) is 0 Å². The number of unbranched alkanes of at least 4 members (excludes halogenated alkanes) is 1. The van der Waals surface area contributed by atoms with Crippen LogP contribution in [0.2, 0.25) is 0 Å². The molecule has 0 fully saturated rings. The maximum atomic E-state index is 12.8. The van der Waals surface area contributed by atoms with E-state index in [0.29, 0.717) is 11.5 Å². The quantitative estimate of drug-likeness (QED) is 0.861. The molecule has 0 saturated heterocycles. The third-order valence-electron chi connectivity index (χ3n) is 4.14. The van der Waals surface area contributed by atoms with Crippen LogP contribution >= 0.6 is 0 Å². The summed E-state index contributed by atoms with van der Waals surface area (Å²) in [7, 11) is 0. The molecule has 1 unspecified atom stereocenters. The number of nitrogens with one attached hydrogen (secondary N) is 1. The molecule has 1 aliphatic rings. The number of para-hydroxylation sites is 1. The highest BCUT2D eigenvalue weighted by Gasteiger charge is 2.31. The van der Waals surface area contributed by atoms with Gasteiger partial charge in [0.05, 0.1) is 5.56 Å². The molecule has 1 N–H and O–H groups in total. The monoisotopic (exact) mass is 310 g/mol. The number of hydrogen-bond acceptors (Lipinski definition) is 4. The number of amides is 1. The van der Waals surface area contributed by atoms with Crippen LogP contribution in [-0.2, 0) is 6.42 Å². The molecule has 1 amide bonds. The lowest BCUT2D eigenvalue weighted by Gasteiger charge is -2.22. The highest BCUT2D eigenvalue weighted by atomic mass is 16.2. The predicted molar refractivity (Wildman–Crippen MR) is 91.8 cm³/mol. The molecule has 1 atom stereocenters. The van der Waals surface area contributed by atoms with Gasteiger partial charge >= 0.3 is 0 Å². The molecular formula is C18H22N4O. The van der Waals surface area contributed by atoms with Crippen LogP contribution in [0.1, 0.15) is 42.6 Å². The van der Waals surface area contributed by atoms with Crippen LogP contribution in [0.4, 0.5) is 11.6 Å². The summed E-state index contributed by atoms with van der Waals surface area (Å²) in [6.45, 7) is 5.05. The Morgan fingerprint density at radius 1 is 1.30 bits per heavy atom. The summed E-state index contributed by atoms with van der Waals surface area (Å²) >= 11 is 0. The predicted octanol–water partition coefficient (Wildman–Crippen LogP) is 3.28. The lowest BCUT2D eigenvalue weighted by molar-refractivity contribution is 0.0981. The fraction of sp³-hybridized carbons (Fsp3) is 0.389. The molecule has 0 radical (unpaired) electrons. The summed E-state index contributed by atoms with van der Waals surface area (Å²) < 4.78 is 0. The number of carbonyl (C=O) groups is 1. The lowest BCUT2D eigenvalue weighted by Crippen LogP contribution is -2.35. The van der Waals surface area contributed by atoms with Crippen LogP contribution in [0.3, 0.4) is 0 Å². The van der Waals surface area contributed by atoms with Crippen molar-refractivity contribution in [1.82, 2.24) is 9.97 Å². The molecule has 0 aliphatic carbocycles. The molecule has 23 heavy (non-hydrogen) atoms. The van der Waals surface area contributed by atoms with Gasteiger partial charge < -0.3 is 10.2 Å². The Labute approximate surface area is 136 Å². The second kappa shape index (κ2) is 6.77. The summed E-state index contributed by atoms with van der Waals surface area (Å²) in [5.74, 6) is 0.535. The van der Waals surface area contributed by atoms with Gasteiger partial charge in [0.2, 0.25) is 5.95 Å². The topological polar surface area (TPSA) is 58.1 Å². The van der Waals surface area contributed by atoms with Crippen molar-refractivity contribution in [2.45, 2.75) is 39.2 Å². The van der Waals surface area contributed by atoms with Gasteiger partial charge in [-0.25, -0.2) is 9.97 Å². The maximum absolute atomic E-state index is 12.8. The highest BCUT2D eigenvalue weighted by molar-refractivity contribution is 6.07. The van der Waals surface area contributed by atoms with E-state index in [4.69, 9.17) is 0 Å². The van der Waals surface area contributed by atoms with Crippen molar-refractivity contribution >= 4 is 17.5 Å². The van der Waals surface area contributed by atoms with Gasteiger partial charge in [-0.15, -0.1) is 0 Å². The van der Waals surface area contributed by atoms with Crippen molar-refractivity contribution in [3.63, 3.8) is 0 Å². The molecule has 5 nitrogen and oxygen atoms in total. The van der Waals surface area contributed by atoms with Crippen LogP contribution in [0.15, 0.2) is 36.7 Å². The summed E-state index contributed by atoms with van der Waals surface area (Å²) in [6.07, 6.45) is 6.30. The molecule has 1 aromatic heterocycles. The van der Waals surface area contributed by atoms with Crippen molar-refractivity contribution in [1.29, 1.82) is 0 Å². The third-order valence-corrected chi connectivity index (χ3v) is 4.14.